The molecule has 0 radical (unpaired) electrons. The van der Waals surface area contributed by atoms with Gasteiger partial charge in [-0.15, -0.1) is 0 Å². The minimum Gasteiger partial charge on any atom is -0.479 e. The second kappa shape index (κ2) is 24.4. The minimum atomic E-state index is -1.26. The fraction of sp³-hybridized carbons (Fsp3) is 0.885. The summed E-state index contributed by atoms with van der Waals surface area (Å²) in [7, 11) is 0. The summed E-state index contributed by atoms with van der Waals surface area (Å²) in [6, 6.07) is 0. The van der Waals surface area contributed by atoms with Crippen LogP contribution in [0.5, 0.6) is 0 Å². The largest absolute Gasteiger partial charge is 0.479 e. The molecule has 1 atom stereocenters. The third kappa shape index (κ3) is 23.4. The number of hydrogen-bond donors (Lipinski definition) is 2. The Bertz CT molecular complexity index is 381. The second-order valence-electron chi connectivity index (χ2n) is 8.62. The van der Waals surface area contributed by atoms with Crippen LogP contribution in [0.25, 0.3) is 0 Å². The number of aliphatic hydroxyl groups excluding tert-OH is 1. The summed E-state index contributed by atoms with van der Waals surface area (Å²) in [5.74, 6) is -1.14. The van der Waals surface area contributed by atoms with Crippen LogP contribution in [0.3, 0.4) is 0 Å². The molecule has 0 aliphatic heterocycles. The summed E-state index contributed by atoms with van der Waals surface area (Å²) in [5.41, 5.74) is 0. The van der Waals surface area contributed by atoms with Crippen LogP contribution in [-0.4, -0.2) is 35.5 Å². The Labute approximate surface area is 186 Å². The maximum Gasteiger partial charge on any atom is 0.332 e. The van der Waals surface area contributed by atoms with Crippen LogP contribution in [0.2, 0.25) is 0 Å². The van der Waals surface area contributed by atoms with Crippen LogP contribution < -0.4 is 0 Å². The van der Waals surface area contributed by atoms with Gasteiger partial charge in [-0.2, -0.15) is 0 Å². The zero-order chi connectivity index (χ0) is 22.1. The van der Waals surface area contributed by atoms with Gasteiger partial charge in [0.1, 0.15) is 0 Å². The van der Waals surface area contributed by atoms with Gasteiger partial charge in [0.25, 0.3) is 0 Å². The van der Waals surface area contributed by atoms with Gasteiger partial charge in [-0.05, 0) is 25.7 Å². The molecule has 0 heterocycles. The third-order valence-corrected chi connectivity index (χ3v) is 5.57. The second-order valence-corrected chi connectivity index (χ2v) is 8.62. The lowest BCUT2D eigenvalue weighted by molar-refractivity contribution is -0.146. The number of aliphatic hydroxyl groups is 1. The van der Waals surface area contributed by atoms with Crippen molar-refractivity contribution in [2.24, 2.45) is 0 Å². The number of carboxylic acid groups (broad SMARTS) is 1. The number of ether oxygens (including phenoxy) is 1. The number of unbranched alkanes of at least 4 members (excludes halogenated alkanes) is 16. The van der Waals surface area contributed by atoms with E-state index >= 15 is 0 Å². The van der Waals surface area contributed by atoms with Gasteiger partial charge in [-0.3, -0.25) is 0 Å². The molecule has 1 unspecified atom stereocenters. The van der Waals surface area contributed by atoms with E-state index in [1.165, 1.54) is 96.3 Å². The third-order valence-electron chi connectivity index (χ3n) is 5.57. The van der Waals surface area contributed by atoms with Crippen molar-refractivity contribution in [2.45, 2.75) is 135 Å². The van der Waals surface area contributed by atoms with E-state index in [0.29, 0.717) is 0 Å². The number of aliphatic carboxylic acids is 1. The molecular weight excluding hydrogens is 376 g/mol. The lowest BCUT2D eigenvalue weighted by Crippen LogP contribution is -2.17. The standard InChI is InChI=1S/C26H50O4/c1-2-23-30-24-21-19-17-15-13-11-9-7-5-3-4-6-8-10-12-14-16-18-20-22-25(27)26(28)29/h18,20,25,27H,2-17,19,21-24H2,1H3,(H,28,29). The average Bonchev–Trinajstić information content (AvgIpc) is 2.74. The molecule has 0 bridgehead atoms. The summed E-state index contributed by atoms with van der Waals surface area (Å²) in [5, 5.41) is 17.7. The van der Waals surface area contributed by atoms with Crippen molar-refractivity contribution < 1.29 is 19.7 Å². The monoisotopic (exact) mass is 426 g/mol. The van der Waals surface area contributed by atoms with Crippen molar-refractivity contribution in [3.05, 3.63) is 12.2 Å². The highest BCUT2D eigenvalue weighted by atomic mass is 16.5. The van der Waals surface area contributed by atoms with E-state index in [2.05, 4.69) is 6.92 Å². The molecule has 0 aromatic carbocycles. The van der Waals surface area contributed by atoms with E-state index in [0.717, 1.165) is 32.5 Å². The number of hydrogen-bond acceptors (Lipinski definition) is 3. The number of carboxylic acids is 1. The Morgan fingerprint density at radius 2 is 1.13 bits per heavy atom. The van der Waals surface area contributed by atoms with Gasteiger partial charge < -0.3 is 14.9 Å². The number of rotatable bonds is 24. The number of allylic oxidation sites excluding steroid dienone is 1. The van der Waals surface area contributed by atoms with Crippen molar-refractivity contribution in [1.82, 2.24) is 0 Å². The molecule has 0 rings (SSSR count). The highest BCUT2D eigenvalue weighted by Crippen LogP contribution is 2.14. The highest BCUT2D eigenvalue weighted by Gasteiger charge is 2.09. The van der Waals surface area contributed by atoms with Crippen molar-refractivity contribution >= 4 is 5.97 Å². The molecule has 178 valence electrons. The van der Waals surface area contributed by atoms with E-state index in [9.17, 15) is 4.79 Å². The quantitative estimate of drug-likeness (QED) is 0.124. The molecular formula is C26H50O4. The fourth-order valence-electron chi connectivity index (χ4n) is 3.63. The smallest absolute Gasteiger partial charge is 0.332 e. The molecule has 4 heteroatoms. The van der Waals surface area contributed by atoms with E-state index in [-0.39, 0.29) is 6.42 Å². The molecule has 0 spiro atoms. The number of carbonyl (C=O) groups is 1. The maximum absolute atomic E-state index is 10.5. The van der Waals surface area contributed by atoms with E-state index in [4.69, 9.17) is 14.9 Å². The van der Waals surface area contributed by atoms with Gasteiger partial charge in [0, 0.05) is 19.6 Å². The Morgan fingerprint density at radius 3 is 1.57 bits per heavy atom. The average molecular weight is 427 g/mol. The van der Waals surface area contributed by atoms with Crippen LogP contribution >= 0.6 is 0 Å². The minimum absolute atomic E-state index is 0.213. The zero-order valence-corrected chi connectivity index (χ0v) is 19.8. The SMILES string of the molecule is CCCOCCCCCCCCCCCCCCCCCCC=CCC(O)C(=O)O. The van der Waals surface area contributed by atoms with Crippen LogP contribution in [0.4, 0.5) is 0 Å². The summed E-state index contributed by atoms with van der Waals surface area (Å²) in [6.07, 6.45) is 26.4. The molecule has 0 aliphatic carbocycles. The van der Waals surface area contributed by atoms with Gasteiger partial charge in [0.15, 0.2) is 6.10 Å². The summed E-state index contributed by atoms with van der Waals surface area (Å²) >= 11 is 0. The molecule has 0 aromatic rings. The fourth-order valence-corrected chi connectivity index (χ4v) is 3.63. The molecule has 0 aliphatic rings. The molecule has 0 saturated heterocycles. The van der Waals surface area contributed by atoms with E-state index in [1.807, 2.05) is 6.08 Å². The van der Waals surface area contributed by atoms with Gasteiger partial charge in [-0.1, -0.05) is 109 Å². The Morgan fingerprint density at radius 1 is 0.700 bits per heavy atom. The molecule has 0 aromatic heterocycles. The predicted molar refractivity (Wildman–Crippen MR) is 127 cm³/mol. The van der Waals surface area contributed by atoms with Crippen molar-refractivity contribution in [1.29, 1.82) is 0 Å². The van der Waals surface area contributed by atoms with Crippen molar-refractivity contribution in [3.8, 4) is 0 Å². The Kier molecular flexibility index (Phi) is 23.7. The first-order valence-corrected chi connectivity index (χ1v) is 12.8. The topological polar surface area (TPSA) is 66.8 Å². The van der Waals surface area contributed by atoms with Crippen LogP contribution in [0.1, 0.15) is 129 Å². The molecule has 2 N–H and O–H groups in total. The first-order chi connectivity index (χ1) is 14.7. The van der Waals surface area contributed by atoms with Crippen molar-refractivity contribution in [3.63, 3.8) is 0 Å². The Balaban J connectivity index is 3.10. The first-order valence-electron chi connectivity index (χ1n) is 12.8. The lowest BCUT2D eigenvalue weighted by Gasteiger charge is -2.04. The molecule has 0 saturated carbocycles. The summed E-state index contributed by atoms with van der Waals surface area (Å²) < 4.78 is 5.51. The maximum atomic E-state index is 10.5. The van der Waals surface area contributed by atoms with Gasteiger partial charge in [-0.25, -0.2) is 4.79 Å². The predicted octanol–water partition coefficient (Wildman–Crippen LogP) is 7.44. The van der Waals surface area contributed by atoms with E-state index < -0.39 is 12.1 Å². The van der Waals surface area contributed by atoms with Crippen LogP contribution in [0.15, 0.2) is 12.2 Å². The normalized spacial score (nSPS) is 12.6. The molecule has 0 fully saturated rings. The molecule has 4 nitrogen and oxygen atoms in total. The van der Waals surface area contributed by atoms with Gasteiger partial charge in [0.2, 0.25) is 0 Å². The summed E-state index contributed by atoms with van der Waals surface area (Å²) in [4.78, 5) is 10.5. The highest BCUT2D eigenvalue weighted by molar-refractivity contribution is 5.72. The molecule has 0 amide bonds. The first kappa shape index (κ1) is 29.1. The molecule has 30 heavy (non-hydrogen) atoms. The van der Waals surface area contributed by atoms with E-state index in [1.54, 1.807) is 6.08 Å². The van der Waals surface area contributed by atoms with Gasteiger partial charge in [0.05, 0.1) is 0 Å². The van der Waals surface area contributed by atoms with Crippen LogP contribution in [-0.2, 0) is 9.53 Å². The van der Waals surface area contributed by atoms with Crippen LogP contribution in [0, 0.1) is 0 Å². The summed E-state index contributed by atoms with van der Waals surface area (Å²) in [6.45, 7) is 4.03. The Hall–Kier alpha value is -0.870. The van der Waals surface area contributed by atoms with Crippen molar-refractivity contribution in [2.75, 3.05) is 13.2 Å². The zero-order valence-electron chi connectivity index (χ0n) is 19.8. The lowest BCUT2D eigenvalue weighted by atomic mass is 10.0. The van der Waals surface area contributed by atoms with Gasteiger partial charge >= 0.3 is 5.97 Å².